The molecule has 0 bridgehead atoms. The summed E-state index contributed by atoms with van der Waals surface area (Å²) in [5.41, 5.74) is 0. The monoisotopic (exact) mass is 342 g/mol. The molecule has 0 radical (unpaired) electrons. The van der Waals surface area contributed by atoms with Crippen LogP contribution in [0, 0.1) is 0 Å². The number of hydrogen-bond acceptors (Lipinski definition) is 2. The van der Waals surface area contributed by atoms with Crippen LogP contribution in [0.25, 0.3) is 0 Å². The van der Waals surface area contributed by atoms with E-state index in [0.29, 0.717) is 0 Å². The predicted octanol–water partition coefficient (Wildman–Crippen LogP) is 7.65. The van der Waals surface area contributed by atoms with E-state index < -0.39 is 0 Å². The van der Waals surface area contributed by atoms with Crippen LogP contribution in [0.4, 0.5) is 0 Å². The smallest absolute Gasteiger partial charge is 0.165 e. The van der Waals surface area contributed by atoms with Gasteiger partial charge < -0.3 is 9.47 Å². The van der Waals surface area contributed by atoms with Gasteiger partial charge >= 0.3 is 0 Å². The highest BCUT2D eigenvalue weighted by Gasteiger charge is 2.23. The summed E-state index contributed by atoms with van der Waals surface area (Å²) < 4.78 is 11.5. The van der Waals surface area contributed by atoms with Crippen LogP contribution in [-0.2, 0) is 9.47 Å². The minimum atomic E-state index is -0.360. The van der Waals surface area contributed by atoms with Crippen molar-refractivity contribution in [2.75, 3.05) is 13.2 Å². The molecule has 146 valence electrons. The maximum Gasteiger partial charge on any atom is 0.165 e. The molecule has 0 aromatic carbocycles. The Morgan fingerprint density at radius 3 is 1.17 bits per heavy atom. The van der Waals surface area contributed by atoms with E-state index in [4.69, 9.17) is 9.47 Å². The van der Waals surface area contributed by atoms with Crippen LogP contribution in [0.5, 0.6) is 0 Å². The molecule has 0 atom stereocenters. The van der Waals surface area contributed by atoms with E-state index in [2.05, 4.69) is 13.8 Å². The molecule has 2 nitrogen and oxygen atoms in total. The largest absolute Gasteiger partial charge is 0.351 e. The molecule has 0 spiro atoms. The fraction of sp³-hybridized carbons (Fsp3) is 1.00. The maximum absolute atomic E-state index is 5.76. The second kappa shape index (κ2) is 17.7. The summed E-state index contributed by atoms with van der Waals surface area (Å²) in [6.45, 7) is 9.92. The molecule has 0 saturated heterocycles. The molecular weight excluding hydrogens is 296 g/mol. The van der Waals surface area contributed by atoms with Crippen molar-refractivity contribution in [1.29, 1.82) is 0 Å². The molecule has 0 aliphatic carbocycles. The summed E-state index contributed by atoms with van der Waals surface area (Å²) >= 11 is 0. The summed E-state index contributed by atoms with van der Waals surface area (Å²) in [6.07, 6.45) is 20.7. The standard InChI is InChI=1S/C22H46O2/c1-5-8-9-10-11-12-13-14-15-16-17-18-19-20-21-22(4,23-6-2)24-7-3/h5-21H2,1-4H3. The van der Waals surface area contributed by atoms with Crippen LogP contribution in [-0.4, -0.2) is 19.0 Å². The SMILES string of the molecule is CCCCCCCCCCCCCCCCC(C)(OCC)OCC. The zero-order chi connectivity index (χ0) is 17.9. The first-order valence-electron chi connectivity index (χ1n) is 11.0. The van der Waals surface area contributed by atoms with Crippen molar-refractivity contribution >= 4 is 0 Å². The van der Waals surface area contributed by atoms with Crippen molar-refractivity contribution in [3.8, 4) is 0 Å². The third-order valence-corrected chi connectivity index (χ3v) is 4.88. The Morgan fingerprint density at radius 2 is 0.833 bits per heavy atom. The van der Waals surface area contributed by atoms with Gasteiger partial charge in [-0.05, 0) is 27.2 Å². The van der Waals surface area contributed by atoms with E-state index in [1.54, 1.807) is 0 Å². The zero-order valence-corrected chi connectivity index (χ0v) is 17.3. The first kappa shape index (κ1) is 23.9. The predicted molar refractivity (Wildman–Crippen MR) is 107 cm³/mol. The normalized spacial score (nSPS) is 12.0. The molecule has 0 saturated carbocycles. The Balaban J connectivity index is 3.30. The second-order valence-electron chi connectivity index (χ2n) is 7.35. The Labute approximate surface area is 153 Å². The molecule has 0 rings (SSSR count). The van der Waals surface area contributed by atoms with Gasteiger partial charge in [0.05, 0.1) is 0 Å². The first-order chi connectivity index (χ1) is 11.7. The highest BCUT2D eigenvalue weighted by molar-refractivity contribution is 4.63. The Hall–Kier alpha value is -0.0800. The summed E-state index contributed by atoms with van der Waals surface area (Å²) in [5, 5.41) is 0. The molecular formula is C22H46O2. The molecule has 2 heteroatoms. The number of hydrogen-bond donors (Lipinski definition) is 0. The van der Waals surface area contributed by atoms with Gasteiger partial charge in [0.25, 0.3) is 0 Å². The first-order valence-corrected chi connectivity index (χ1v) is 11.0. The minimum Gasteiger partial charge on any atom is -0.351 e. The van der Waals surface area contributed by atoms with Crippen molar-refractivity contribution in [2.24, 2.45) is 0 Å². The van der Waals surface area contributed by atoms with Gasteiger partial charge in [0.15, 0.2) is 5.79 Å². The average Bonchev–Trinajstić information content (AvgIpc) is 2.55. The molecule has 0 heterocycles. The van der Waals surface area contributed by atoms with Gasteiger partial charge in [-0.3, -0.25) is 0 Å². The van der Waals surface area contributed by atoms with Gasteiger partial charge in [0.1, 0.15) is 0 Å². The average molecular weight is 343 g/mol. The fourth-order valence-electron chi connectivity index (χ4n) is 3.44. The van der Waals surface area contributed by atoms with Crippen molar-refractivity contribution in [3.63, 3.8) is 0 Å². The Morgan fingerprint density at radius 1 is 0.500 bits per heavy atom. The lowest BCUT2D eigenvalue weighted by Crippen LogP contribution is -2.32. The lowest BCUT2D eigenvalue weighted by Gasteiger charge is -2.29. The number of unbranched alkanes of at least 4 members (excludes halogenated alkanes) is 13. The molecule has 24 heavy (non-hydrogen) atoms. The van der Waals surface area contributed by atoms with Gasteiger partial charge in [0.2, 0.25) is 0 Å². The van der Waals surface area contributed by atoms with Crippen molar-refractivity contribution < 1.29 is 9.47 Å². The molecule has 0 aliphatic rings. The van der Waals surface area contributed by atoms with Crippen molar-refractivity contribution in [2.45, 2.75) is 130 Å². The topological polar surface area (TPSA) is 18.5 Å². The third-order valence-electron chi connectivity index (χ3n) is 4.88. The van der Waals surface area contributed by atoms with Crippen LogP contribution in [0.3, 0.4) is 0 Å². The second-order valence-corrected chi connectivity index (χ2v) is 7.35. The van der Waals surface area contributed by atoms with Crippen LogP contribution in [0.15, 0.2) is 0 Å². The molecule has 0 amide bonds. The van der Waals surface area contributed by atoms with Gasteiger partial charge in [-0.15, -0.1) is 0 Å². The lowest BCUT2D eigenvalue weighted by atomic mass is 10.0. The molecule has 0 aromatic rings. The van der Waals surface area contributed by atoms with Crippen LogP contribution < -0.4 is 0 Å². The molecule has 0 aromatic heterocycles. The van der Waals surface area contributed by atoms with Gasteiger partial charge in [-0.2, -0.15) is 0 Å². The van der Waals surface area contributed by atoms with E-state index in [9.17, 15) is 0 Å². The van der Waals surface area contributed by atoms with E-state index in [1.165, 1.54) is 89.9 Å². The third kappa shape index (κ3) is 15.4. The van der Waals surface area contributed by atoms with E-state index in [0.717, 1.165) is 19.6 Å². The molecule has 0 unspecified atom stereocenters. The lowest BCUT2D eigenvalue weighted by molar-refractivity contribution is -0.225. The summed E-state index contributed by atoms with van der Waals surface area (Å²) in [4.78, 5) is 0. The highest BCUT2D eigenvalue weighted by Crippen LogP contribution is 2.22. The van der Waals surface area contributed by atoms with Crippen LogP contribution >= 0.6 is 0 Å². The van der Waals surface area contributed by atoms with Gasteiger partial charge in [0, 0.05) is 19.6 Å². The maximum atomic E-state index is 5.76. The molecule has 0 N–H and O–H groups in total. The van der Waals surface area contributed by atoms with Crippen LogP contribution in [0.2, 0.25) is 0 Å². The zero-order valence-electron chi connectivity index (χ0n) is 17.3. The van der Waals surface area contributed by atoms with Crippen LogP contribution in [0.1, 0.15) is 124 Å². The van der Waals surface area contributed by atoms with E-state index >= 15 is 0 Å². The van der Waals surface area contributed by atoms with Gasteiger partial charge in [-0.1, -0.05) is 90.4 Å². The highest BCUT2D eigenvalue weighted by atomic mass is 16.7. The van der Waals surface area contributed by atoms with E-state index in [1.807, 2.05) is 13.8 Å². The summed E-state index contributed by atoms with van der Waals surface area (Å²) in [5.74, 6) is -0.360. The fourth-order valence-corrected chi connectivity index (χ4v) is 3.44. The van der Waals surface area contributed by atoms with Crippen molar-refractivity contribution in [3.05, 3.63) is 0 Å². The number of rotatable bonds is 19. The molecule has 0 aliphatic heterocycles. The van der Waals surface area contributed by atoms with E-state index in [-0.39, 0.29) is 5.79 Å². The minimum absolute atomic E-state index is 0.360. The van der Waals surface area contributed by atoms with Gasteiger partial charge in [-0.25, -0.2) is 0 Å². The Kier molecular flexibility index (Phi) is 17.7. The summed E-state index contributed by atoms with van der Waals surface area (Å²) in [6, 6.07) is 0. The molecule has 0 fully saturated rings. The van der Waals surface area contributed by atoms with Crippen molar-refractivity contribution in [1.82, 2.24) is 0 Å². The number of ether oxygens (including phenoxy) is 2. The quantitative estimate of drug-likeness (QED) is 0.177. The Bertz CT molecular complexity index is 234. The summed E-state index contributed by atoms with van der Waals surface area (Å²) in [7, 11) is 0.